The van der Waals surface area contributed by atoms with Gasteiger partial charge in [0.15, 0.2) is 0 Å². The van der Waals surface area contributed by atoms with Gasteiger partial charge in [0, 0.05) is 16.5 Å². The van der Waals surface area contributed by atoms with Crippen molar-refractivity contribution >= 4 is 39.2 Å². The Kier molecular flexibility index (Phi) is 4.89. The van der Waals surface area contributed by atoms with E-state index in [2.05, 4.69) is 20.5 Å². The SMILES string of the molecule is Cc1ccc(/N=N/c2ccc(/N=N/c3ccc(N)c4ccccc34)cc2)cc1. The third kappa shape index (κ3) is 3.94. The molecule has 0 amide bonds. The second-order valence-corrected chi connectivity index (χ2v) is 6.47. The third-order valence-electron chi connectivity index (χ3n) is 4.37. The maximum atomic E-state index is 6.04. The zero-order valence-corrected chi connectivity index (χ0v) is 15.4. The van der Waals surface area contributed by atoms with E-state index in [-0.39, 0.29) is 0 Å². The second kappa shape index (κ2) is 7.80. The quantitative estimate of drug-likeness (QED) is 0.294. The third-order valence-corrected chi connectivity index (χ3v) is 4.37. The fourth-order valence-corrected chi connectivity index (χ4v) is 2.82. The van der Waals surface area contributed by atoms with Gasteiger partial charge in [-0.2, -0.15) is 15.3 Å². The molecule has 4 rings (SSSR count). The van der Waals surface area contributed by atoms with Crippen LogP contribution in [0.4, 0.5) is 28.4 Å². The summed E-state index contributed by atoms with van der Waals surface area (Å²) in [5.41, 5.74) is 11.1. The van der Waals surface area contributed by atoms with Crippen LogP contribution in [0.1, 0.15) is 5.56 Å². The fourth-order valence-electron chi connectivity index (χ4n) is 2.82. The first kappa shape index (κ1) is 17.5. The zero-order valence-electron chi connectivity index (χ0n) is 15.4. The van der Waals surface area contributed by atoms with Gasteiger partial charge in [-0.1, -0.05) is 42.0 Å². The number of hydrogen-bond acceptors (Lipinski definition) is 5. The molecule has 0 fully saturated rings. The van der Waals surface area contributed by atoms with Crippen molar-refractivity contribution < 1.29 is 0 Å². The molecule has 0 bridgehead atoms. The Morgan fingerprint density at radius 2 is 1.04 bits per heavy atom. The van der Waals surface area contributed by atoms with E-state index in [1.165, 1.54) is 5.56 Å². The Morgan fingerprint density at radius 1 is 0.536 bits per heavy atom. The van der Waals surface area contributed by atoms with E-state index < -0.39 is 0 Å². The first-order chi connectivity index (χ1) is 13.7. The highest BCUT2D eigenvalue weighted by Crippen LogP contribution is 2.31. The summed E-state index contributed by atoms with van der Waals surface area (Å²) >= 11 is 0. The number of nitrogens with two attached hydrogens (primary N) is 1. The van der Waals surface area contributed by atoms with E-state index in [9.17, 15) is 0 Å². The van der Waals surface area contributed by atoms with Crippen LogP contribution in [0.3, 0.4) is 0 Å². The predicted octanol–water partition coefficient (Wildman–Crippen LogP) is 7.56. The van der Waals surface area contributed by atoms with Gasteiger partial charge >= 0.3 is 0 Å². The average molecular weight is 365 g/mol. The lowest BCUT2D eigenvalue weighted by atomic mass is 10.1. The van der Waals surface area contributed by atoms with Gasteiger partial charge in [-0.15, -0.1) is 5.11 Å². The zero-order chi connectivity index (χ0) is 19.3. The van der Waals surface area contributed by atoms with Crippen LogP contribution in [0.5, 0.6) is 0 Å². The van der Waals surface area contributed by atoms with E-state index in [1.807, 2.05) is 91.9 Å². The number of nitrogen functional groups attached to an aromatic ring is 1. The van der Waals surface area contributed by atoms with E-state index in [0.29, 0.717) is 0 Å². The molecule has 2 N–H and O–H groups in total. The van der Waals surface area contributed by atoms with Crippen LogP contribution in [0.25, 0.3) is 10.8 Å². The number of anilines is 1. The summed E-state index contributed by atoms with van der Waals surface area (Å²) in [5.74, 6) is 0. The molecule has 0 spiro atoms. The normalized spacial score (nSPS) is 11.6. The maximum Gasteiger partial charge on any atom is 0.0936 e. The van der Waals surface area contributed by atoms with Crippen molar-refractivity contribution in [2.45, 2.75) is 6.92 Å². The van der Waals surface area contributed by atoms with E-state index in [4.69, 9.17) is 5.73 Å². The summed E-state index contributed by atoms with van der Waals surface area (Å²) in [4.78, 5) is 0. The molecule has 28 heavy (non-hydrogen) atoms. The molecule has 0 radical (unpaired) electrons. The monoisotopic (exact) mass is 365 g/mol. The van der Waals surface area contributed by atoms with E-state index >= 15 is 0 Å². The minimum Gasteiger partial charge on any atom is -0.398 e. The number of nitrogens with zero attached hydrogens (tertiary/aromatic N) is 4. The molecule has 0 aliphatic heterocycles. The summed E-state index contributed by atoms with van der Waals surface area (Å²) in [5, 5.41) is 19.2. The number of azo groups is 2. The summed E-state index contributed by atoms with van der Waals surface area (Å²) in [6, 6.07) is 27.0. The molecular formula is C23H19N5. The first-order valence-electron chi connectivity index (χ1n) is 8.96. The van der Waals surface area contributed by atoms with Crippen LogP contribution < -0.4 is 5.73 Å². The lowest BCUT2D eigenvalue weighted by molar-refractivity contribution is 1.21. The molecule has 0 aliphatic rings. The summed E-state index contributed by atoms with van der Waals surface area (Å²) in [7, 11) is 0. The van der Waals surface area contributed by atoms with E-state index in [1.54, 1.807) is 0 Å². The molecule has 0 aromatic heterocycles. The smallest absolute Gasteiger partial charge is 0.0936 e. The number of aryl methyl sites for hydroxylation is 1. The predicted molar refractivity (Wildman–Crippen MR) is 114 cm³/mol. The van der Waals surface area contributed by atoms with Gasteiger partial charge in [0.1, 0.15) is 0 Å². The molecule has 0 atom stereocenters. The molecule has 0 heterocycles. The highest BCUT2D eigenvalue weighted by atomic mass is 15.1. The first-order valence-corrected chi connectivity index (χ1v) is 8.96. The molecule has 4 aromatic carbocycles. The van der Waals surface area contributed by atoms with Crippen LogP contribution in [0.2, 0.25) is 0 Å². The number of fused-ring (bicyclic) bond motifs is 1. The molecular weight excluding hydrogens is 346 g/mol. The second-order valence-electron chi connectivity index (χ2n) is 6.47. The molecule has 136 valence electrons. The van der Waals surface area contributed by atoms with Crippen molar-refractivity contribution in [3.8, 4) is 0 Å². The van der Waals surface area contributed by atoms with Gasteiger partial charge in [0.25, 0.3) is 0 Å². The van der Waals surface area contributed by atoms with Gasteiger partial charge in [0.05, 0.1) is 22.7 Å². The van der Waals surface area contributed by atoms with Crippen molar-refractivity contribution in [1.29, 1.82) is 0 Å². The van der Waals surface area contributed by atoms with Gasteiger partial charge in [-0.3, -0.25) is 0 Å². The highest BCUT2D eigenvalue weighted by Gasteiger charge is 2.02. The van der Waals surface area contributed by atoms with Gasteiger partial charge in [-0.05, 0) is 55.5 Å². The Balaban J connectivity index is 1.52. The van der Waals surface area contributed by atoms with Gasteiger partial charge in [0.2, 0.25) is 0 Å². The maximum absolute atomic E-state index is 6.04. The lowest BCUT2D eigenvalue weighted by Gasteiger charge is -2.04. The van der Waals surface area contributed by atoms with Crippen molar-refractivity contribution in [1.82, 2.24) is 0 Å². The van der Waals surface area contributed by atoms with Crippen molar-refractivity contribution in [2.75, 3.05) is 5.73 Å². The van der Waals surface area contributed by atoms with E-state index in [0.717, 1.165) is 39.2 Å². The minimum absolute atomic E-state index is 0.734. The highest BCUT2D eigenvalue weighted by molar-refractivity contribution is 5.99. The Morgan fingerprint density at radius 3 is 1.64 bits per heavy atom. The summed E-state index contributed by atoms with van der Waals surface area (Å²) in [6.07, 6.45) is 0. The number of hydrogen-bond donors (Lipinski definition) is 1. The largest absolute Gasteiger partial charge is 0.398 e. The van der Waals surface area contributed by atoms with Crippen LogP contribution in [-0.4, -0.2) is 0 Å². The van der Waals surface area contributed by atoms with Crippen molar-refractivity contribution in [3.05, 3.63) is 90.5 Å². The molecule has 0 saturated carbocycles. The molecule has 5 heteroatoms. The Hall–Kier alpha value is -3.86. The van der Waals surface area contributed by atoms with Gasteiger partial charge in [-0.25, -0.2) is 0 Å². The van der Waals surface area contributed by atoms with Crippen LogP contribution >= 0.6 is 0 Å². The van der Waals surface area contributed by atoms with Crippen molar-refractivity contribution in [3.63, 3.8) is 0 Å². The average Bonchev–Trinajstić information content (AvgIpc) is 2.74. The summed E-state index contributed by atoms with van der Waals surface area (Å²) < 4.78 is 0. The molecule has 4 aromatic rings. The number of benzene rings is 4. The molecule has 5 nitrogen and oxygen atoms in total. The van der Waals surface area contributed by atoms with Gasteiger partial charge < -0.3 is 5.73 Å². The Bertz CT molecular complexity index is 1160. The van der Waals surface area contributed by atoms with Crippen molar-refractivity contribution in [2.24, 2.45) is 20.5 Å². The standard InChI is InChI=1S/C23H19N5/c1-16-6-8-17(9-7-16)25-26-18-10-12-19(13-11-18)27-28-23-15-14-22(24)20-4-2-3-5-21(20)23/h2-15H,24H2,1H3/b26-25+,28-27+. The lowest BCUT2D eigenvalue weighted by Crippen LogP contribution is -1.86. The van der Waals surface area contributed by atoms with Crippen LogP contribution in [0.15, 0.2) is 105 Å². The fraction of sp³-hybridized carbons (Fsp3) is 0.0435. The van der Waals surface area contributed by atoms with Crippen LogP contribution in [-0.2, 0) is 0 Å². The van der Waals surface area contributed by atoms with Crippen LogP contribution in [0, 0.1) is 6.92 Å². The Labute approximate surface area is 163 Å². The number of rotatable bonds is 4. The molecule has 0 aliphatic carbocycles. The summed E-state index contributed by atoms with van der Waals surface area (Å²) in [6.45, 7) is 2.04. The molecule has 0 saturated heterocycles. The minimum atomic E-state index is 0.734. The topological polar surface area (TPSA) is 75.5 Å². The molecule has 0 unspecified atom stereocenters.